The average molecular weight is 276 g/mol. The molecule has 20 heavy (non-hydrogen) atoms. The fourth-order valence-corrected chi connectivity index (χ4v) is 3.18. The third-order valence-corrected chi connectivity index (χ3v) is 4.52. The van der Waals surface area contributed by atoms with E-state index in [1.165, 1.54) is 12.8 Å². The van der Waals surface area contributed by atoms with E-state index in [1.54, 1.807) is 6.20 Å². The second-order valence-corrected chi connectivity index (χ2v) is 6.70. The molecular formula is C17H28N2O. The predicted octanol–water partition coefficient (Wildman–Crippen LogP) is 3.94. The van der Waals surface area contributed by atoms with Crippen molar-refractivity contribution in [3.05, 3.63) is 23.9 Å². The molecule has 0 aromatic carbocycles. The highest BCUT2D eigenvalue weighted by atomic mass is 16.5. The van der Waals surface area contributed by atoms with Crippen molar-refractivity contribution in [3.63, 3.8) is 0 Å². The molecule has 0 spiro atoms. The number of hydrogen-bond donors (Lipinski definition) is 1. The van der Waals surface area contributed by atoms with E-state index in [2.05, 4.69) is 25.8 Å². The summed E-state index contributed by atoms with van der Waals surface area (Å²) in [6.45, 7) is 8.89. The number of hydrogen-bond acceptors (Lipinski definition) is 3. The molecule has 0 amide bonds. The highest BCUT2D eigenvalue weighted by molar-refractivity contribution is 5.23. The Hall–Kier alpha value is -1.09. The van der Waals surface area contributed by atoms with Crippen molar-refractivity contribution in [2.24, 2.45) is 23.5 Å². The summed E-state index contributed by atoms with van der Waals surface area (Å²) in [5.74, 6) is 2.76. The summed E-state index contributed by atoms with van der Waals surface area (Å²) in [6, 6.07) is 3.97. The van der Waals surface area contributed by atoms with Crippen LogP contribution in [-0.2, 0) is 0 Å². The molecule has 1 aliphatic carbocycles. The molecule has 4 atom stereocenters. The first-order valence-electron chi connectivity index (χ1n) is 7.85. The lowest BCUT2D eigenvalue weighted by Crippen LogP contribution is -2.36. The summed E-state index contributed by atoms with van der Waals surface area (Å²) >= 11 is 0. The van der Waals surface area contributed by atoms with Crippen LogP contribution in [0, 0.1) is 17.8 Å². The van der Waals surface area contributed by atoms with E-state index in [9.17, 15) is 0 Å². The minimum Gasteiger partial charge on any atom is -0.474 e. The maximum atomic E-state index is 6.22. The van der Waals surface area contributed by atoms with Gasteiger partial charge in [0.25, 0.3) is 0 Å². The second-order valence-electron chi connectivity index (χ2n) is 6.70. The summed E-state index contributed by atoms with van der Waals surface area (Å²) in [6.07, 6.45) is 5.79. The maximum Gasteiger partial charge on any atom is 0.213 e. The topological polar surface area (TPSA) is 48.1 Å². The third kappa shape index (κ3) is 3.72. The van der Waals surface area contributed by atoms with Crippen LogP contribution in [0.1, 0.15) is 58.6 Å². The van der Waals surface area contributed by atoms with Gasteiger partial charge in [0.05, 0.1) is 0 Å². The Morgan fingerprint density at radius 3 is 2.70 bits per heavy atom. The lowest BCUT2D eigenvalue weighted by Gasteiger charge is -2.37. The minimum atomic E-state index is 0.0199. The summed E-state index contributed by atoms with van der Waals surface area (Å²) in [7, 11) is 0. The van der Waals surface area contributed by atoms with Crippen LogP contribution in [0.2, 0.25) is 0 Å². The van der Waals surface area contributed by atoms with Gasteiger partial charge in [0.15, 0.2) is 0 Å². The predicted molar refractivity (Wildman–Crippen MR) is 82.6 cm³/mol. The van der Waals surface area contributed by atoms with Gasteiger partial charge in [0.1, 0.15) is 6.10 Å². The Balaban J connectivity index is 2.11. The molecule has 1 saturated carbocycles. The SMILES string of the molecule is CC1CCC(C(C)C)C(Oc2cc([C@H](C)N)ccn2)C1. The monoisotopic (exact) mass is 276 g/mol. The van der Waals surface area contributed by atoms with Crippen LogP contribution < -0.4 is 10.5 Å². The van der Waals surface area contributed by atoms with Crippen LogP contribution in [0.3, 0.4) is 0 Å². The van der Waals surface area contributed by atoms with E-state index >= 15 is 0 Å². The standard InChI is InChI=1S/C17H28N2O/c1-11(2)15-6-5-12(3)9-16(15)20-17-10-14(13(4)18)7-8-19-17/h7-8,10-13,15-16H,5-6,9,18H2,1-4H3/t12?,13-,15?,16?/m0/s1. The van der Waals surface area contributed by atoms with Crippen molar-refractivity contribution in [1.29, 1.82) is 0 Å². The number of ether oxygens (including phenoxy) is 1. The number of pyridine rings is 1. The lowest BCUT2D eigenvalue weighted by atomic mass is 9.75. The number of nitrogens with zero attached hydrogens (tertiary/aromatic N) is 1. The Morgan fingerprint density at radius 1 is 1.30 bits per heavy atom. The fourth-order valence-electron chi connectivity index (χ4n) is 3.18. The molecule has 2 N–H and O–H groups in total. The van der Waals surface area contributed by atoms with Gasteiger partial charge in [0.2, 0.25) is 5.88 Å². The molecule has 1 fully saturated rings. The fraction of sp³-hybridized carbons (Fsp3) is 0.706. The first-order chi connectivity index (χ1) is 9.47. The molecule has 0 aliphatic heterocycles. The summed E-state index contributed by atoms with van der Waals surface area (Å²) in [5.41, 5.74) is 7.01. The molecule has 0 radical (unpaired) electrons. The minimum absolute atomic E-state index is 0.0199. The smallest absolute Gasteiger partial charge is 0.213 e. The van der Waals surface area contributed by atoms with Gasteiger partial charge < -0.3 is 10.5 Å². The van der Waals surface area contributed by atoms with Crippen LogP contribution in [0.4, 0.5) is 0 Å². The van der Waals surface area contributed by atoms with Gasteiger partial charge in [-0.15, -0.1) is 0 Å². The van der Waals surface area contributed by atoms with Gasteiger partial charge in [-0.25, -0.2) is 4.98 Å². The third-order valence-electron chi connectivity index (χ3n) is 4.52. The van der Waals surface area contributed by atoms with Gasteiger partial charge in [-0.1, -0.05) is 27.2 Å². The molecule has 112 valence electrons. The molecule has 2 rings (SSSR count). The summed E-state index contributed by atoms with van der Waals surface area (Å²) in [5, 5.41) is 0. The van der Waals surface area contributed by atoms with Crippen molar-refractivity contribution < 1.29 is 4.74 Å². The normalized spacial score (nSPS) is 28.4. The Kier molecular flexibility index (Phi) is 5.03. The quantitative estimate of drug-likeness (QED) is 0.906. The molecule has 1 aromatic rings. The van der Waals surface area contributed by atoms with Crippen molar-refractivity contribution in [2.75, 3.05) is 0 Å². The lowest BCUT2D eigenvalue weighted by molar-refractivity contribution is 0.0426. The number of nitrogens with two attached hydrogens (primary N) is 1. The Bertz CT molecular complexity index is 431. The largest absolute Gasteiger partial charge is 0.474 e. The molecule has 1 aromatic heterocycles. The van der Waals surface area contributed by atoms with Crippen molar-refractivity contribution in [3.8, 4) is 5.88 Å². The first kappa shape index (κ1) is 15.3. The highest BCUT2D eigenvalue weighted by Crippen LogP contribution is 2.35. The van der Waals surface area contributed by atoms with Crippen LogP contribution in [-0.4, -0.2) is 11.1 Å². The highest BCUT2D eigenvalue weighted by Gasteiger charge is 2.32. The summed E-state index contributed by atoms with van der Waals surface area (Å²) in [4.78, 5) is 4.36. The van der Waals surface area contributed by atoms with E-state index in [4.69, 9.17) is 10.5 Å². The van der Waals surface area contributed by atoms with Crippen molar-refractivity contribution in [1.82, 2.24) is 4.98 Å². The molecule has 3 unspecified atom stereocenters. The zero-order valence-electron chi connectivity index (χ0n) is 13.2. The van der Waals surface area contributed by atoms with Gasteiger partial charge in [-0.2, -0.15) is 0 Å². The van der Waals surface area contributed by atoms with E-state index < -0.39 is 0 Å². The zero-order valence-corrected chi connectivity index (χ0v) is 13.2. The zero-order chi connectivity index (χ0) is 14.7. The molecule has 1 heterocycles. The molecular weight excluding hydrogens is 248 g/mol. The summed E-state index contributed by atoms with van der Waals surface area (Å²) < 4.78 is 6.22. The van der Waals surface area contributed by atoms with Crippen LogP contribution in [0.5, 0.6) is 5.88 Å². The molecule has 1 aliphatic rings. The molecule has 3 heteroatoms. The van der Waals surface area contributed by atoms with E-state index in [-0.39, 0.29) is 12.1 Å². The van der Waals surface area contributed by atoms with Crippen LogP contribution >= 0.6 is 0 Å². The van der Waals surface area contributed by atoms with E-state index in [1.807, 2.05) is 19.1 Å². The average Bonchev–Trinajstić information content (AvgIpc) is 2.38. The maximum absolute atomic E-state index is 6.22. The van der Waals surface area contributed by atoms with Crippen LogP contribution in [0.25, 0.3) is 0 Å². The Labute approximate surface area is 122 Å². The van der Waals surface area contributed by atoms with Crippen molar-refractivity contribution >= 4 is 0 Å². The van der Waals surface area contributed by atoms with Gasteiger partial charge >= 0.3 is 0 Å². The second kappa shape index (κ2) is 6.57. The van der Waals surface area contributed by atoms with E-state index in [0.29, 0.717) is 11.8 Å². The molecule has 3 nitrogen and oxygen atoms in total. The van der Waals surface area contributed by atoms with Gasteiger partial charge in [-0.3, -0.25) is 0 Å². The van der Waals surface area contributed by atoms with Crippen LogP contribution in [0.15, 0.2) is 18.3 Å². The molecule has 0 bridgehead atoms. The van der Waals surface area contributed by atoms with Crippen molar-refractivity contribution in [2.45, 2.75) is 59.1 Å². The number of aromatic nitrogens is 1. The van der Waals surface area contributed by atoms with Gasteiger partial charge in [0, 0.05) is 18.3 Å². The Morgan fingerprint density at radius 2 is 2.05 bits per heavy atom. The number of rotatable bonds is 4. The molecule has 0 saturated heterocycles. The van der Waals surface area contributed by atoms with Gasteiger partial charge in [-0.05, 0) is 49.1 Å². The van der Waals surface area contributed by atoms with E-state index in [0.717, 1.165) is 23.8 Å². The first-order valence-corrected chi connectivity index (χ1v) is 7.85.